The number of hydrogen-bond acceptors (Lipinski definition) is 5. The first-order chi connectivity index (χ1) is 16.3. The molecule has 1 saturated carbocycles. The van der Waals surface area contributed by atoms with Crippen LogP contribution in [0.1, 0.15) is 85.8 Å². The van der Waals surface area contributed by atoms with Gasteiger partial charge in [-0.1, -0.05) is 46.2 Å². The van der Waals surface area contributed by atoms with Gasteiger partial charge in [0, 0.05) is 12.6 Å². The van der Waals surface area contributed by atoms with Crippen LogP contribution in [0, 0.1) is 11.8 Å². The number of hydrogen-bond donors (Lipinski definition) is 3. The van der Waals surface area contributed by atoms with Gasteiger partial charge in [-0.2, -0.15) is 0 Å². The maximum absolute atomic E-state index is 14.0. The fraction of sp³-hybridized carbons (Fsp3) is 0.667. The lowest BCUT2D eigenvalue weighted by molar-refractivity contribution is -0.143. The zero-order valence-electron chi connectivity index (χ0n) is 22.3. The Kier molecular flexibility index (Phi) is 9.98. The highest BCUT2D eigenvalue weighted by Gasteiger charge is 2.48. The zero-order chi connectivity index (χ0) is 26.3. The summed E-state index contributed by atoms with van der Waals surface area (Å²) in [5.41, 5.74) is -0.0849. The number of carbonyl (C=O) groups excluding carboxylic acids is 3. The molecule has 1 aliphatic carbocycles. The van der Waals surface area contributed by atoms with Crippen LogP contribution in [0.2, 0.25) is 0 Å². The van der Waals surface area contributed by atoms with Crippen LogP contribution in [-0.4, -0.2) is 52.1 Å². The molecule has 1 aromatic carbocycles. The number of rotatable bonds is 11. The molecule has 0 saturated heterocycles. The number of unbranched alkanes of at least 4 members (excludes halogenated alkanes) is 1. The summed E-state index contributed by atoms with van der Waals surface area (Å²) in [7, 11) is 0. The highest BCUT2D eigenvalue weighted by molar-refractivity contribution is 5.92. The van der Waals surface area contributed by atoms with E-state index in [1.165, 1.54) is 12.1 Å². The van der Waals surface area contributed by atoms with Gasteiger partial charge in [0.05, 0.1) is 0 Å². The molecule has 1 aromatic rings. The number of benzene rings is 1. The third kappa shape index (κ3) is 8.75. The quantitative estimate of drug-likeness (QED) is 0.396. The van der Waals surface area contributed by atoms with Gasteiger partial charge in [-0.05, 0) is 69.6 Å². The van der Waals surface area contributed by atoms with Gasteiger partial charge in [0.1, 0.15) is 23.4 Å². The molecule has 1 aliphatic rings. The molecule has 0 aromatic heterocycles. The average Bonchev–Trinajstić information content (AvgIpc) is 3.46. The first-order valence-electron chi connectivity index (χ1n) is 12.7. The monoisotopic (exact) mass is 489 g/mol. The number of alkyl carbamates (subject to hydrolysis) is 1. The lowest BCUT2D eigenvalue weighted by Gasteiger charge is -2.35. The molecular weight excluding hydrogens is 446 g/mol. The molecule has 4 atom stereocenters. The largest absolute Gasteiger partial charge is 0.508 e. The first kappa shape index (κ1) is 28.5. The minimum atomic E-state index is -0.870. The Labute approximate surface area is 209 Å². The minimum absolute atomic E-state index is 0.0841. The van der Waals surface area contributed by atoms with Gasteiger partial charge in [-0.25, -0.2) is 4.79 Å². The lowest BCUT2D eigenvalue weighted by atomic mass is 9.98. The van der Waals surface area contributed by atoms with Gasteiger partial charge in [-0.3, -0.25) is 9.59 Å². The molecule has 3 amide bonds. The van der Waals surface area contributed by atoms with Crippen molar-refractivity contribution in [2.24, 2.45) is 11.8 Å². The van der Waals surface area contributed by atoms with E-state index in [-0.39, 0.29) is 35.4 Å². The Balaban J connectivity index is 2.43. The summed E-state index contributed by atoms with van der Waals surface area (Å²) in [4.78, 5) is 41.8. The number of nitrogens with one attached hydrogen (secondary N) is 2. The number of amides is 3. The van der Waals surface area contributed by atoms with E-state index < -0.39 is 23.8 Å². The number of phenolic OH excluding ortho intramolecular Hbond substituents is 1. The highest BCUT2D eigenvalue weighted by atomic mass is 16.6. The molecule has 196 valence electrons. The third-order valence-electron chi connectivity index (χ3n) is 5.94. The molecule has 8 heteroatoms. The summed E-state index contributed by atoms with van der Waals surface area (Å²) in [6.07, 6.45) is 2.30. The Morgan fingerprint density at radius 2 is 1.77 bits per heavy atom. The van der Waals surface area contributed by atoms with E-state index in [2.05, 4.69) is 10.6 Å². The average molecular weight is 490 g/mol. The normalized spacial score (nSPS) is 19.0. The van der Waals surface area contributed by atoms with Gasteiger partial charge < -0.3 is 25.4 Å². The highest BCUT2D eigenvalue weighted by Crippen LogP contribution is 2.41. The topological polar surface area (TPSA) is 108 Å². The van der Waals surface area contributed by atoms with Gasteiger partial charge >= 0.3 is 6.09 Å². The lowest BCUT2D eigenvalue weighted by Crippen LogP contribution is -2.54. The molecule has 0 heterocycles. The maximum Gasteiger partial charge on any atom is 0.408 e. The van der Waals surface area contributed by atoms with Crippen molar-refractivity contribution in [2.75, 3.05) is 6.54 Å². The zero-order valence-corrected chi connectivity index (χ0v) is 22.3. The first-order valence-corrected chi connectivity index (χ1v) is 12.7. The van der Waals surface area contributed by atoms with Crippen LogP contribution in [0.3, 0.4) is 0 Å². The molecule has 1 fully saturated rings. The van der Waals surface area contributed by atoms with Crippen LogP contribution >= 0.6 is 0 Å². The number of nitrogens with zero attached hydrogens (tertiary/aromatic N) is 1. The Hall–Kier alpha value is -2.77. The molecule has 2 rings (SSSR count). The van der Waals surface area contributed by atoms with Crippen LogP contribution in [0.15, 0.2) is 24.3 Å². The summed E-state index contributed by atoms with van der Waals surface area (Å²) in [5.74, 6) is -0.119. The molecule has 0 spiro atoms. The van der Waals surface area contributed by atoms with Crippen molar-refractivity contribution in [1.29, 1.82) is 0 Å². The molecular formula is C27H43N3O5. The van der Waals surface area contributed by atoms with E-state index in [1.54, 1.807) is 37.8 Å². The Morgan fingerprint density at radius 3 is 2.26 bits per heavy atom. The Bertz CT molecular complexity index is 863. The van der Waals surface area contributed by atoms with E-state index >= 15 is 0 Å². The third-order valence-corrected chi connectivity index (χ3v) is 5.94. The minimum Gasteiger partial charge on any atom is -0.508 e. The van der Waals surface area contributed by atoms with Crippen molar-refractivity contribution in [3.05, 3.63) is 29.8 Å². The second-order valence-corrected chi connectivity index (χ2v) is 11.0. The number of phenols is 1. The summed E-state index contributed by atoms with van der Waals surface area (Å²) in [6, 6.07) is 4.56. The molecule has 0 bridgehead atoms. The summed E-state index contributed by atoms with van der Waals surface area (Å²) >= 11 is 0. The molecule has 8 nitrogen and oxygen atoms in total. The maximum atomic E-state index is 14.0. The summed E-state index contributed by atoms with van der Waals surface area (Å²) in [6.45, 7) is 13.9. The number of carbonyl (C=O) groups is 3. The SMILES string of the molecule is CCCCNC(=O)C(c1ccc(O)cc1)N(C(=O)C(CC(C)C)NC(=O)OC(C)(C)C)C1CC1C. The predicted octanol–water partition coefficient (Wildman–Crippen LogP) is 4.53. The number of aromatic hydroxyl groups is 1. The van der Waals surface area contributed by atoms with Crippen molar-refractivity contribution < 1.29 is 24.2 Å². The summed E-state index contributed by atoms with van der Waals surface area (Å²) < 4.78 is 5.42. The van der Waals surface area contributed by atoms with Crippen LogP contribution < -0.4 is 10.6 Å². The van der Waals surface area contributed by atoms with Crippen molar-refractivity contribution in [2.45, 2.75) is 97.9 Å². The van der Waals surface area contributed by atoms with Gasteiger partial charge in [0.25, 0.3) is 0 Å². The Morgan fingerprint density at radius 1 is 1.17 bits per heavy atom. The smallest absolute Gasteiger partial charge is 0.408 e. The molecule has 3 N–H and O–H groups in total. The van der Waals surface area contributed by atoms with Crippen LogP contribution in [-0.2, 0) is 14.3 Å². The molecule has 35 heavy (non-hydrogen) atoms. The second kappa shape index (κ2) is 12.3. The molecule has 4 unspecified atom stereocenters. The van der Waals surface area contributed by atoms with Gasteiger partial charge in [-0.15, -0.1) is 0 Å². The predicted molar refractivity (Wildman–Crippen MR) is 136 cm³/mol. The molecule has 0 aliphatic heterocycles. The number of ether oxygens (including phenoxy) is 1. The van der Waals surface area contributed by atoms with Crippen molar-refractivity contribution in [1.82, 2.24) is 15.5 Å². The van der Waals surface area contributed by atoms with Crippen LogP contribution in [0.5, 0.6) is 5.75 Å². The van der Waals surface area contributed by atoms with Crippen LogP contribution in [0.25, 0.3) is 0 Å². The second-order valence-electron chi connectivity index (χ2n) is 11.0. The van der Waals surface area contributed by atoms with Gasteiger partial charge in [0.15, 0.2) is 0 Å². The fourth-order valence-corrected chi connectivity index (χ4v) is 4.07. The van der Waals surface area contributed by atoms with E-state index in [0.29, 0.717) is 18.5 Å². The van der Waals surface area contributed by atoms with Crippen LogP contribution in [0.4, 0.5) is 4.79 Å². The molecule has 0 radical (unpaired) electrons. The van der Waals surface area contributed by atoms with E-state index in [9.17, 15) is 19.5 Å². The van der Waals surface area contributed by atoms with Crippen molar-refractivity contribution in [3.8, 4) is 5.75 Å². The van der Waals surface area contributed by atoms with Gasteiger partial charge in [0.2, 0.25) is 11.8 Å². The standard InChI is InChI=1S/C27H43N3O5/c1-8-9-14-28-24(32)23(19-10-12-20(31)13-11-19)30(22-16-18(22)4)25(33)21(15-17(2)3)29-26(34)35-27(5,6)7/h10-13,17-18,21-23,31H,8-9,14-16H2,1-7H3,(H,28,32)(H,29,34). The van der Waals surface area contributed by atoms with E-state index in [4.69, 9.17) is 4.74 Å². The summed E-state index contributed by atoms with van der Waals surface area (Å²) in [5, 5.41) is 15.5. The van der Waals surface area contributed by atoms with E-state index in [0.717, 1.165) is 19.3 Å². The van der Waals surface area contributed by atoms with Crippen molar-refractivity contribution in [3.63, 3.8) is 0 Å². The van der Waals surface area contributed by atoms with E-state index in [1.807, 2.05) is 27.7 Å². The fourth-order valence-electron chi connectivity index (χ4n) is 4.07. The van der Waals surface area contributed by atoms with Crippen molar-refractivity contribution >= 4 is 17.9 Å².